The topological polar surface area (TPSA) is 71.9 Å². The quantitative estimate of drug-likeness (QED) is 0.689. The van der Waals surface area contributed by atoms with E-state index in [2.05, 4.69) is 30.5 Å². The highest BCUT2D eigenvalue weighted by atomic mass is 16.5. The van der Waals surface area contributed by atoms with Gasteiger partial charge in [-0.2, -0.15) is 0 Å². The summed E-state index contributed by atoms with van der Waals surface area (Å²) in [6, 6.07) is 5.28. The van der Waals surface area contributed by atoms with Crippen molar-refractivity contribution >= 4 is 12.0 Å². The predicted octanol–water partition coefficient (Wildman–Crippen LogP) is 1.65. The second-order valence-corrected chi connectivity index (χ2v) is 8.56. The third kappa shape index (κ3) is 4.38. The number of nitrogens with one attached hydrogen (secondary N) is 3. The van der Waals surface area contributed by atoms with Crippen LogP contribution in [0.2, 0.25) is 0 Å². The van der Waals surface area contributed by atoms with E-state index in [1.54, 1.807) is 0 Å². The lowest BCUT2D eigenvalue weighted by molar-refractivity contribution is -0.907. The lowest BCUT2D eigenvalue weighted by Gasteiger charge is -2.35. The van der Waals surface area contributed by atoms with Crippen LogP contribution >= 0.6 is 0 Å². The summed E-state index contributed by atoms with van der Waals surface area (Å²) < 4.78 is 5.10. The highest BCUT2D eigenvalue weighted by Crippen LogP contribution is 2.30. The normalized spacial score (nSPS) is 27.8. The average molecular weight is 387 g/mol. The number of methoxy groups -OCH3 is 1. The van der Waals surface area contributed by atoms with Crippen LogP contribution in [-0.2, 0) is 9.53 Å². The van der Waals surface area contributed by atoms with Gasteiger partial charge in [-0.25, -0.2) is 9.59 Å². The number of amides is 2. The first-order chi connectivity index (χ1) is 13.3. The maximum atomic E-state index is 12.7. The third-order valence-corrected chi connectivity index (χ3v) is 5.80. The van der Waals surface area contributed by atoms with Gasteiger partial charge >= 0.3 is 12.0 Å². The molecule has 0 unspecified atom stereocenters. The molecule has 0 saturated carbocycles. The summed E-state index contributed by atoms with van der Waals surface area (Å²) in [6.07, 6.45) is 1.23. The van der Waals surface area contributed by atoms with Crippen molar-refractivity contribution in [2.75, 3.05) is 26.7 Å². The minimum atomic E-state index is -0.504. The average Bonchev–Trinajstić information content (AvgIpc) is 2.59. The molecule has 2 heterocycles. The van der Waals surface area contributed by atoms with Crippen molar-refractivity contribution in [2.24, 2.45) is 11.8 Å². The molecule has 3 N–H and O–H groups in total. The van der Waals surface area contributed by atoms with E-state index in [4.69, 9.17) is 4.74 Å². The van der Waals surface area contributed by atoms with Crippen LogP contribution in [0, 0.1) is 25.7 Å². The summed E-state index contributed by atoms with van der Waals surface area (Å²) in [7, 11) is 1.39. The number of piperidine rings is 1. The van der Waals surface area contributed by atoms with Crippen molar-refractivity contribution < 1.29 is 19.2 Å². The van der Waals surface area contributed by atoms with Crippen molar-refractivity contribution in [3.05, 3.63) is 46.2 Å². The second-order valence-electron chi connectivity index (χ2n) is 8.56. The van der Waals surface area contributed by atoms with Gasteiger partial charge in [-0.1, -0.05) is 37.6 Å². The van der Waals surface area contributed by atoms with Crippen LogP contribution in [0.4, 0.5) is 4.79 Å². The molecule has 6 nitrogen and oxygen atoms in total. The molecule has 0 aliphatic carbocycles. The van der Waals surface area contributed by atoms with Crippen LogP contribution < -0.4 is 15.5 Å². The van der Waals surface area contributed by atoms with Crippen molar-refractivity contribution in [3.63, 3.8) is 0 Å². The predicted molar refractivity (Wildman–Crippen MR) is 108 cm³/mol. The van der Waals surface area contributed by atoms with Gasteiger partial charge in [0.2, 0.25) is 0 Å². The minimum Gasteiger partial charge on any atom is -0.466 e. The Morgan fingerprint density at radius 1 is 1.21 bits per heavy atom. The summed E-state index contributed by atoms with van der Waals surface area (Å²) >= 11 is 0. The van der Waals surface area contributed by atoms with Gasteiger partial charge in [-0.3, -0.25) is 0 Å². The van der Waals surface area contributed by atoms with Crippen LogP contribution in [0.3, 0.4) is 0 Å². The molecule has 0 radical (unpaired) electrons. The molecule has 2 aliphatic rings. The monoisotopic (exact) mass is 386 g/mol. The van der Waals surface area contributed by atoms with Crippen LogP contribution in [0.5, 0.6) is 0 Å². The van der Waals surface area contributed by atoms with E-state index in [0.717, 1.165) is 29.8 Å². The summed E-state index contributed by atoms with van der Waals surface area (Å²) in [4.78, 5) is 26.6. The highest BCUT2D eigenvalue weighted by molar-refractivity contribution is 5.95. The number of benzene rings is 1. The van der Waals surface area contributed by atoms with Crippen molar-refractivity contribution in [2.45, 2.75) is 40.2 Å². The number of aryl methyl sites for hydroxylation is 2. The first-order valence-corrected chi connectivity index (χ1v) is 10.1. The number of hydrogen-bond acceptors (Lipinski definition) is 3. The van der Waals surface area contributed by atoms with Gasteiger partial charge in [0, 0.05) is 11.8 Å². The second kappa shape index (κ2) is 8.35. The Hall–Kier alpha value is -2.34. The zero-order chi connectivity index (χ0) is 20.4. The lowest BCUT2D eigenvalue weighted by atomic mass is 9.89. The summed E-state index contributed by atoms with van der Waals surface area (Å²) in [5, 5.41) is 5.82. The molecule has 2 amide bonds. The number of urea groups is 1. The zero-order valence-corrected chi connectivity index (χ0v) is 17.5. The largest absolute Gasteiger partial charge is 0.466 e. The fourth-order valence-electron chi connectivity index (χ4n) is 4.81. The number of hydrogen-bond donors (Lipinski definition) is 3. The maximum Gasteiger partial charge on any atom is 0.338 e. The molecule has 0 bridgehead atoms. The molecule has 3 rings (SSSR count). The van der Waals surface area contributed by atoms with E-state index in [0.29, 0.717) is 29.7 Å². The zero-order valence-electron chi connectivity index (χ0n) is 17.5. The van der Waals surface area contributed by atoms with Crippen molar-refractivity contribution in [1.82, 2.24) is 10.6 Å². The molecule has 6 heteroatoms. The molecule has 1 fully saturated rings. The van der Waals surface area contributed by atoms with Gasteiger partial charge in [0.15, 0.2) is 0 Å². The minimum absolute atomic E-state index is 0.273. The number of rotatable bonds is 4. The van der Waals surface area contributed by atoms with Crippen molar-refractivity contribution in [1.29, 1.82) is 0 Å². The van der Waals surface area contributed by atoms with E-state index in [-0.39, 0.29) is 6.03 Å². The van der Waals surface area contributed by atoms with E-state index in [1.165, 1.54) is 18.4 Å². The number of likely N-dealkylation sites (tertiary alicyclic amines) is 1. The summed E-state index contributed by atoms with van der Waals surface area (Å²) in [5.74, 6) is 0.868. The molecule has 1 aromatic carbocycles. The Labute approximate surface area is 167 Å². The smallest absolute Gasteiger partial charge is 0.338 e. The Kier molecular flexibility index (Phi) is 6.08. The molecule has 152 valence electrons. The fourth-order valence-corrected chi connectivity index (χ4v) is 4.81. The molecular formula is C22H32N3O3+. The Morgan fingerprint density at radius 3 is 2.50 bits per heavy atom. The Bertz CT molecular complexity index is 792. The van der Waals surface area contributed by atoms with Gasteiger partial charge in [0.05, 0.1) is 37.5 Å². The number of quaternary nitrogens is 1. The lowest BCUT2D eigenvalue weighted by Crippen LogP contribution is -3.14. The molecule has 1 saturated heterocycles. The van der Waals surface area contributed by atoms with Gasteiger partial charge in [-0.05, 0) is 31.4 Å². The van der Waals surface area contributed by atoms with Gasteiger partial charge in [0.1, 0.15) is 6.54 Å². The maximum absolute atomic E-state index is 12.7. The van der Waals surface area contributed by atoms with E-state index in [9.17, 15) is 9.59 Å². The molecule has 1 aromatic rings. The molecular weight excluding hydrogens is 354 g/mol. The fraction of sp³-hybridized carbons (Fsp3) is 0.545. The van der Waals surface area contributed by atoms with E-state index >= 15 is 0 Å². The molecule has 0 aromatic heterocycles. The number of carbonyl (C=O) groups is 2. The number of esters is 1. The van der Waals surface area contributed by atoms with Gasteiger partial charge in [0.25, 0.3) is 0 Å². The molecule has 3 atom stereocenters. The SMILES string of the molecule is COC(=O)C1=C(C[NH+]2C[C@@H](C)C[C@H](C)C2)NC(=O)N[C@@H]1c1ccc(C)cc1C. The molecule has 28 heavy (non-hydrogen) atoms. The summed E-state index contributed by atoms with van der Waals surface area (Å²) in [6.45, 7) is 11.3. The van der Waals surface area contributed by atoms with Crippen LogP contribution in [0.1, 0.15) is 43.0 Å². The summed E-state index contributed by atoms with van der Waals surface area (Å²) in [5.41, 5.74) is 4.30. The first kappa shape index (κ1) is 20.4. The van der Waals surface area contributed by atoms with Crippen molar-refractivity contribution in [3.8, 4) is 0 Å². The highest BCUT2D eigenvalue weighted by Gasteiger charge is 2.36. The molecule has 2 aliphatic heterocycles. The van der Waals surface area contributed by atoms with Crippen LogP contribution in [-0.4, -0.2) is 38.7 Å². The van der Waals surface area contributed by atoms with E-state index in [1.807, 2.05) is 26.0 Å². The third-order valence-electron chi connectivity index (χ3n) is 5.80. The van der Waals surface area contributed by atoms with Gasteiger partial charge in [-0.15, -0.1) is 0 Å². The Morgan fingerprint density at radius 2 is 1.89 bits per heavy atom. The number of ether oxygens (including phenoxy) is 1. The van der Waals surface area contributed by atoms with Gasteiger partial charge < -0.3 is 20.3 Å². The van der Waals surface area contributed by atoms with E-state index < -0.39 is 12.0 Å². The first-order valence-electron chi connectivity index (χ1n) is 10.1. The number of carbonyl (C=O) groups excluding carboxylic acids is 2. The Balaban J connectivity index is 2.00. The molecule has 0 spiro atoms. The van der Waals surface area contributed by atoms with Crippen LogP contribution in [0.15, 0.2) is 29.5 Å². The van der Waals surface area contributed by atoms with Crippen LogP contribution in [0.25, 0.3) is 0 Å². The standard InChI is InChI=1S/C22H31N3O3/c1-13-6-7-17(16(4)9-13)20-19(21(26)28-5)18(23-22(27)24-20)12-25-10-14(2)8-15(3)11-25/h6-7,9,14-15,20H,8,10-12H2,1-5H3,(H2,23,24,27)/p+1/t14-,15-,20+/m0/s1.